The molecule has 8 atom stereocenters. The molecule has 0 bridgehead atoms. The summed E-state index contributed by atoms with van der Waals surface area (Å²) in [5.41, 5.74) is -1.58. The van der Waals surface area contributed by atoms with E-state index in [2.05, 4.69) is 33.8 Å². The van der Waals surface area contributed by atoms with E-state index in [4.69, 9.17) is 4.74 Å². The third kappa shape index (κ3) is 3.17. The zero-order chi connectivity index (χ0) is 24.7. The normalized spacial score (nSPS) is 45.1. The predicted molar refractivity (Wildman–Crippen MR) is 124 cm³/mol. The van der Waals surface area contributed by atoms with Crippen LogP contribution in [-0.4, -0.2) is 58.6 Å². The molecule has 2 N–H and O–H groups in total. The van der Waals surface area contributed by atoms with Crippen molar-refractivity contribution in [3.8, 4) is 0 Å². The van der Waals surface area contributed by atoms with Crippen LogP contribution in [0.1, 0.15) is 40.0 Å². The van der Waals surface area contributed by atoms with Gasteiger partial charge in [0.1, 0.15) is 6.61 Å². The van der Waals surface area contributed by atoms with E-state index >= 15 is 0 Å². The Morgan fingerprint density at radius 1 is 1.31 bits per heavy atom. The van der Waals surface area contributed by atoms with Crippen LogP contribution in [-0.2, 0) is 47.0 Å². The molecule has 0 spiro atoms. The van der Waals surface area contributed by atoms with Gasteiger partial charge in [-0.15, -0.1) is 0 Å². The Labute approximate surface area is 231 Å². The molecule has 187 valence electrons. The maximum absolute atomic E-state index is 13.5. The Kier molecular flexibility index (Phi) is 6.61. The molecule has 8 heteroatoms. The quantitative estimate of drug-likeness (QED) is 0.409. The van der Waals surface area contributed by atoms with Crippen LogP contribution in [0, 0.1) is 45.8 Å². The fraction of sp³-hybridized carbons (Fsp3) is 0.630. The van der Waals surface area contributed by atoms with Gasteiger partial charge in [0.25, 0.3) is 0 Å². The van der Waals surface area contributed by atoms with Crippen LogP contribution in [0.5, 0.6) is 0 Å². The van der Waals surface area contributed by atoms with Crippen molar-refractivity contribution in [1.29, 1.82) is 0 Å². The van der Waals surface area contributed by atoms with E-state index in [1.54, 1.807) is 17.1 Å². The van der Waals surface area contributed by atoms with Gasteiger partial charge in [-0.3, -0.25) is 4.79 Å². The molecule has 1 aliphatic heterocycles. The molecule has 3 saturated carbocycles. The minimum atomic E-state index is -0.940. The number of amides is 1. The molecule has 7 nitrogen and oxygen atoms in total. The molecular formula is C27H34NO6Y-. The average Bonchev–Trinajstić information content (AvgIpc) is 3.29. The zero-order valence-electron chi connectivity index (χ0n) is 20.7. The van der Waals surface area contributed by atoms with Gasteiger partial charge in [0.2, 0.25) is 0 Å². The van der Waals surface area contributed by atoms with Gasteiger partial charge in [-0.05, 0) is 47.5 Å². The third-order valence-electron chi connectivity index (χ3n) is 10.8. The second kappa shape index (κ2) is 8.64. The Bertz CT molecular complexity index is 1040. The monoisotopic (exact) mass is 557 g/mol. The standard InChI is InChI=1S/C27H34NO6.Y/c1-5-34-23(33)28-13-17-11-20-19-7-6-16-10-18(30)8-9-24(16,2)26(19,4)21(31)12-25(20,3)27(17,15-28)22(32)14-29;/h5-6,8-10,17,19-21,29,31H,1,7,11-15H2,2-4H3;/q-1;/t17-,19-,20-,21-,24-,25-,26+,27+;/m0./s1. The summed E-state index contributed by atoms with van der Waals surface area (Å²) in [4.78, 5) is 39.7. The molecule has 0 aromatic rings. The van der Waals surface area contributed by atoms with E-state index in [0.29, 0.717) is 19.4 Å². The number of hydrogen-bond acceptors (Lipinski definition) is 6. The van der Waals surface area contributed by atoms with Gasteiger partial charge in [-0.1, -0.05) is 39.8 Å². The molecule has 0 aromatic carbocycles. The fourth-order valence-electron chi connectivity index (χ4n) is 8.87. The van der Waals surface area contributed by atoms with Gasteiger partial charge in [-0.2, -0.15) is 11.6 Å². The number of rotatable bonds is 3. The van der Waals surface area contributed by atoms with Gasteiger partial charge in [0.05, 0.1) is 23.6 Å². The van der Waals surface area contributed by atoms with Crippen LogP contribution >= 0.6 is 0 Å². The van der Waals surface area contributed by atoms with Crippen molar-refractivity contribution in [3.63, 3.8) is 0 Å². The first-order chi connectivity index (χ1) is 16.0. The second-order valence-corrected chi connectivity index (χ2v) is 11.5. The van der Waals surface area contributed by atoms with E-state index < -0.39 is 40.5 Å². The maximum Gasteiger partial charge on any atom is 0.414 e. The molecule has 35 heavy (non-hydrogen) atoms. The average molecular weight is 557 g/mol. The first-order valence-corrected chi connectivity index (χ1v) is 12.2. The van der Waals surface area contributed by atoms with E-state index in [9.17, 15) is 24.6 Å². The Balaban J connectivity index is 0.00000289. The van der Waals surface area contributed by atoms with Crippen molar-refractivity contribution in [1.82, 2.24) is 4.90 Å². The number of aliphatic hydroxyl groups excluding tert-OH is 2. The smallest absolute Gasteiger partial charge is 0.414 e. The van der Waals surface area contributed by atoms with Crippen LogP contribution in [0.4, 0.5) is 4.79 Å². The van der Waals surface area contributed by atoms with Gasteiger partial charge >= 0.3 is 6.09 Å². The molecular weight excluding hydrogens is 523 g/mol. The minimum Gasteiger partial charge on any atom is -0.419 e. The third-order valence-corrected chi connectivity index (χ3v) is 10.8. The molecule has 5 rings (SSSR count). The van der Waals surface area contributed by atoms with E-state index in [-0.39, 0.29) is 68.6 Å². The number of likely N-dealkylation sites (tertiary alicyclic amines) is 1. The molecule has 1 heterocycles. The summed E-state index contributed by atoms with van der Waals surface area (Å²) in [6.07, 6.45) is 9.04. The van der Waals surface area contributed by atoms with Crippen molar-refractivity contribution >= 4 is 17.7 Å². The zero-order valence-corrected chi connectivity index (χ0v) is 23.5. The minimum absolute atomic E-state index is 0. The fourth-order valence-corrected chi connectivity index (χ4v) is 8.87. The summed E-state index contributed by atoms with van der Waals surface area (Å²) < 4.78 is 5.00. The van der Waals surface area contributed by atoms with Gasteiger partial charge in [0, 0.05) is 51.2 Å². The summed E-state index contributed by atoms with van der Waals surface area (Å²) in [5.74, 6) is -0.206. The van der Waals surface area contributed by atoms with Crippen molar-refractivity contribution < 1.29 is 62.0 Å². The number of ketones is 2. The Morgan fingerprint density at radius 2 is 2.03 bits per heavy atom. The number of fused-ring (bicyclic) bond motifs is 7. The number of aliphatic hydroxyl groups is 2. The molecule has 1 saturated heterocycles. The van der Waals surface area contributed by atoms with Gasteiger partial charge in [-0.25, -0.2) is 11.2 Å². The Hall–Kier alpha value is -1.28. The maximum atomic E-state index is 13.5. The van der Waals surface area contributed by atoms with Gasteiger partial charge in [0.15, 0.2) is 5.78 Å². The molecule has 1 amide bonds. The number of ether oxygens (including phenoxy) is 1. The van der Waals surface area contributed by atoms with Crippen LogP contribution in [0.25, 0.3) is 0 Å². The summed E-state index contributed by atoms with van der Waals surface area (Å²) >= 11 is 0. The summed E-state index contributed by atoms with van der Waals surface area (Å²) in [6.45, 7) is 9.72. The molecule has 1 radical (unpaired) electrons. The number of nitrogens with zero attached hydrogens (tertiary/aromatic N) is 1. The molecule has 0 aromatic heterocycles. The van der Waals surface area contributed by atoms with E-state index in [0.717, 1.165) is 18.3 Å². The van der Waals surface area contributed by atoms with Crippen LogP contribution in [0.15, 0.2) is 36.6 Å². The first-order valence-electron chi connectivity index (χ1n) is 12.2. The summed E-state index contributed by atoms with van der Waals surface area (Å²) in [5, 5.41) is 21.9. The van der Waals surface area contributed by atoms with Crippen LogP contribution in [0.2, 0.25) is 0 Å². The van der Waals surface area contributed by atoms with Crippen molar-refractivity contribution in [2.45, 2.75) is 46.1 Å². The summed E-state index contributed by atoms with van der Waals surface area (Å²) in [7, 11) is 0. The van der Waals surface area contributed by atoms with Gasteiger partial charge < -0.3 is 24.6 Å². The topological polar surface area (TPSA) is 104 Å². The van der Waals surface area contributed by atoms with Crippen LogP contribution < -0.4 is 0 Å². The summed E-state index contributed by atoms with van der Waals surface area (Å²) in [6, 6.07) is 0. The number of allylic oxidation sites excluding steroid dienone is 4. The predicted octanol–water partition coefficient (Wildman–Crippen LogP) is 2.84. The molecule has 0 unspecified atom stereocenters. The number of Topliss-reactive ketones (excluding diaryl/α,β-unsaturated/α-hetero) is 1. The molecule has 4 fully saturated rings. The van der Waals surface area contributed by atoms with E-state index in [1.807, 2.05) is 6.08 Å². The van der Waals surface area contributed by atoms with Crippen molar-refractivity contribution in [3.05, 3.63) is 43.1 Å². The number of carbonyl (C=O) groups is 3. The Morgan fingerprint density at radius 3 is 2.69 bits per heavy atom. The van der Waals surface area contributed by atoms with E-state index in [1.165, 1.54) is 0 Å². The van der Waals surface area contributed by atoms with Crippen LogP contribution in [0.3, 0.4) is 0 Å². The number of carbonyl (C=O) groups excluding carboxylic acids is 3. The second-order valence-electron chi connectivity index (χ2n) is 11.5. The van der Waals surface area contributed by atoms with Crippen molar-refractivity contribution in [2.75, 3.05) is 19.7 Å². The SMILES string of the molecule is C=COC(=O)N1C[C@@H]2C[C@H]3[C@@H]4C[CH-]C5=CC(=O)C=C[C@]5(C)[C@@]4(C)[C@@H](O)C[C@]3(C)[C@]2(C(=O)CO)C1.[Y]. The number of hydrogen-bond donors (Lipinski definition) is 2. The first kappa shape index (κ1) is 26.8. The molecule has 5 aliphatic rings. The van der Waals surface area contributed by atoms with Crippen molar-refractivity contribution in [2.24, 2.45) is 39.4 Å². The largest absolute Gasteiger partial charge is 0.419 e. The molecule has 4 aliphatic carbocycles.